The number of ether oxygens (including phenoxy) is 1. The molecule has 2 aromatic rings. The van der Waals surface area contributed by atoms with Crippen LogP contribution in [0.5, 0.6) is 0 Å². The van der Waals surface area contributed by atoms with Gasteiger partial charge in [0.15, 0.2) is 5.69 Å². The first-order valence-corrected chi connectivity index (χ1v) is 11.4. The highest BCUT2D eigenvalue weighted by atomic mass is 35.5. The Hall–Kier alpha value is -1.67. The lowest BCUT2D eigenvalue weighted by molar-refractivity contribution is -0.126. The second-order valence-electron chi connectivity index (χ2n) is 7.41. The molecule has 162 valence electrons. The summed E-state index contributed by atoms with van der Waals surface area (Å²) >= 11 is 13.2. The number of aryl methyl sites for hydroxylation is 1. The zero-order valence-corrected chi connectivity index (χ0v) is 19.3. The Morgan fingerprint density at radius 3 is 2.50 bits per heavy atom. The van der Waals surface area contributed by atoms with E-state index in [0.29, 0.717) is 0 Å². The summed E-state index contributed by atoms with van der Waals surface area (Å²) in [6.45, 7) is 2.44. The van der Waals surface area contributed by atoms with Crippen LogP contribution in [0, 0.1) is 6.92 Å². The summed E-state index contributed by atoms with van der Waals surface area (Å²) in [4.78, 5) is 28.3. The summed E-state index contributed by atoms with van der Waals surface area (Å²) in [5, 5.41) is 3.23. The molecule has 0 spiro atoms. The maximum atomic E-state index is 13.4. The smallest absolute Gasteiger partial charge is 0.276 e. The average Bonchev–Trinajstić information content (AvgIpc) is 3.36. The number of nitrogens with one attached hydrogen (secondary N) is 1. The van der Waals surface area contributed by atoms with Crippen molar-refractivity contribution in [2.45, 2.75) is 44.7 Å². The molecule has 9 heteroatoms. The minimum Gasteiger partial charge on any atom is -0.383 e. The number of rotatable bonds is 8. The van der Waals surface area contributed by atoms with Crippen molar-refractivity contribution in [3.63, 3.8) is 0 Å². The number of benzene rings is 1. The molecule has 1 saturated carbocycles. The molecule has 30 heavy (non-hydrogen) atoms. The highest BCUT2D eigenvalue weighted by Gasteiger charge is 2.35. The van der Waals surface area contributed by atoms with Gasteiger partial charge in [-0.1, -0.05) is 65.9 Å². The summed E-state index contributed by atoms with van der Waals surface area (Å²) < 4.78 is 9.57. The van der Waals surface area contributed by atoms with Crippen LogP contribution in [0.2, 0.25) is 9.36 Å². The van der Waals surface area contributed by atoms with Crippen molar-refractivity contribution in [3.05, 3.63) is 50.4 Å². The Morgan fingerprint density at radius 1 is 1.27 bits per heavy atom. The first kappa shape index (κ1) is 23.0. The fourth-order valence-electron chi connectivity index (χ4n) is 3.64. The van der Waals surface area contributed by atoms with Crippen molar-refractivity contribution in [3.8, 4) is 0 Å². The molecule has 0 aliphatic heterocycles. The first-order chi connectivity index (χ1) is 14.4. The van der Waals surface area contributed by atoms with E-state index < -0.39 is 11.9 Å². The Kier molecular flexibility index (Phi) is 8.11. The molecular formula is C21H25Cl2N3O3S. The molecule has 2 amide bonds. The van der Waals surface area contributed by atoms with E-state index >= 15 is 0 Å². The van der Waals surface area contributed by atoms with Gasteiger partial charge in [-0.15, -0.1) is 0 Å². The standard InChI is InChI=1S/C21H25Cl2N3O3S/c1-13-7-9-14(10-8-13)18(20(27)24-15-5-3-4-6-15)26(11-12-29-2)21(28)17-16(22)19(23)30-25-17/h7-10,15,18H,3-6,11-12H2,1-2H3,(H,24,27). The Balaban J connectivity index is 1.98. The van der Waals surface area contributed by atoms with Gasteiger partial charge in [0.2, 0.25) is 5.91 Å². The lowest BCUT2D eigenvalue weighted by Crippen LogP contribution is -2.47. The molecule has 1 aliphatic rings. The molecule has 1 fully saturated rings. The minimum absolute atomic E-state index is 0.0496. The molecule has 3 rings (SSSR count). The van der Waals surface area contributed by atoms with E-state index in [0.717, 1.165) is 48.3 Å². The molecule has 1 heterocycles. The quantitative estimate of drug-likeness (QED) is 0.610. The SMILES string of the molecule is COCCN(C(=O)c1nsc(Cl)c1Cl)C(C(=O)NC1CCCC1)c1ccc(C)cc1. The third-order valence-corrected chi connectivity index (χ3v) is 6.86. The van der Waals surface area contributed by atoms with Crippen LogP contribution in [0.4, 0.5) is 0 Å². The average molecular weight is 470 g/mol. The number of carbonyl (C=O) groups excluding carboxylic acids is 2. The van der Waals surface area contributed by atoms with Gasteiger partial charge in [-0.2, -0.15) is 4.37 Å². The fourth-order valence-corrected chi connectivity index (χ4v) is 4.62. The number of amides is 2. The fraction of sp³-hybridized carbons (Fsp3) is 0.476. The van der Waals surface area contributed by atoms with E-state index in [1.54, 1.807) is 7.11 Å². The molecular weight excluding hydrogens is 445 g/mol. The minimum atomic E-state index is -0.828. The predicted molar refractivity (Wildman–Crippen MR) is 119 cm³/mol. The van der Waals surface area contributed by atoms with Crippen molar-refractivity contribution in [1.82, 2.24) is 14.6 Å². The van der Waals surface area contributed by atoms with E-state index in [2.05, 4.69) is 9.69 Å². The summed E-state index contributed by atoms with van der Waals surface area (Å²) in [6, 6.07) is 6.90. The van der Waals surface area contributed by atoms with Crippen molar-refractivity contribution in [1.29, 1.82) is 0 Å². The molecule has 0 radical (unpaired) electrons. The molecule has 1 aromatic carbocycles. The van der Waals surface area contributed by atoms with Gasteiger partial charge in [0.25, 0.3) is 5.91 Å². The molecule has 0 saturated heterocycles. The summed E-state index contributed by atoms with van der Waals surface area (Å²) in [5.41, 5.74) is 1.84. The van der Waals surface area contributed by atoms with Crippen molar-refractivity contribution >= 4 is 46.5 Å². The Morgan fingerprint density at radius 2 is 1.93 bits per heavy atom. The molecule has 1 atom stereocenters. The molecule has 1 aromatic heterocycles. The number of hydrogen-bond acceptors (Lipinski definition) is 5. The van der Waals surface area contributed by atoms with Crippen LogP contribution in [0.25, 0.3) is 0 Å². The summed E-state index contributed by atoms with van der Waals surface area (Å²) in [6.07, 6.45) is 4.09. The van der Waals surface area contributed by atoms with Gasteiger partial charge in [0.05, 0.1) is 6.61 Å². The van der Waals surface area contributed by atoms with E-state index in [1.165, 1.54) is 4.90 Å². The maximum Gasteiger partial charge on any atom is 0.276 e. The van der Waals surface area contributed by atoms with E-state index in [-0.39, 0.29) is 40.2 Å². The molecule has 1 N–H and O–H groups in total. The van der Waals surface area contributed by atoms with Gasteiger partial charge in [-0.3, -0.25) is 9.59 Å². The second-order valence-corrected chi connectivity index (χ2v) is 9.17. The monoisotopic (exact) mass is 469 g/mol. The van der Waals surface area contributed by atoms with Crippen molar-refractivity contribution in [2.24, 2.45) is 0 Å². The number of nitrogens with zero attached hydrogens (tertiary/aromatic N) is 2. The van der Waals surface area contributed by atoms with E-state index in [4.69, 9.17) is 27.9 Å². The topological polar surface area (TPSA) is 71.5 Å². The third-order valence-electron chi connectivity index (χ3n) is 5.25. The van der Waals surface area contributed by atoms with Gasteiger partial charge in [-0.25, -0.2) is 0 Å². The van der Waals surface area contributed by atoms with Gasteiger partial charge in [0, 0.05) is 19.7 Å². The van der Waals surface area contributed by atoms with Crippen LogP contribution in [0.15, 0.2) is 24.3 Å². The summed E-state index contributed by atoms with van der Waals surface area (Å²) in [5.74, 6) is -0.667. The van der Waals surface area contributed by atoms with Crippen LogP contribution in [-0.4, -0.2) is 47.4 Å². The largest absolute Gasteiger partial charge is 0.383 e. The van der Waals surface area contributed by atoms with Crippen LogP contribution in [0.3, 0.4) is 0 Å². The Labute approximate surface area is 190 Å². The van der Waals surface area contributed by atoms with Crippen LogP contribution in [0.1, 0.15) is 53.3 Å². The van der Waals surface area contributed by atoms with Crippen molar-refractivity contribution in [2.75, 3.05) is 20.3 Å². The van der Waals surface area contributed by atoms with Gasteiger partial charge in [0.1, 0.15) is 15.4 Å². The number of halogens is 2. The van der Waals surface area contributed by atoms with Gasteiger partial charge in [-0.05, 0) is 36.9 Å². The second kappa shape index (κ2) is 10.6. The normalized spacial score (nSPS) is 15.2. The molecule has 1 aliphatic carbocycles. The number of methoxy groups -OCH3 is 1. The van der Waals surface area contributed by atoms with E-state index in [1.807, 2.05) is 31.2 Å². The van der Waals surface area contributed by atoms with Crippen molar-refractivity contribution < 1.29 is 14.3 Å². The van der Waals surface area contributed by atoms with Crippen LogP contribution < -0.4 is 5.32 Å². The van der Waals surface area contributed by atoms with E-state index in [9.17, 15) is 9.59 Å². The third kappa shape index (κ3) is 5.32. The summed E-state index contributed by atoms with van der Waals surface area (Å²) in [7, 11) is 1.55. The lowest BCUT2D eigenvalue weighted by Gasteiger charge is -2.31. The highest BCUT2D eigenvalue weighted by Crippen LogP contribution is 2.32. The molecule has 1 unspecified atom stereocenters. The lowest BCUT2D eigenvalue weighted by atomic mass is 10.0. The molecule has 0 bridgehead atoms. The van der Waals surface area contributed by atoms with Crippen LogP contribution in [-0.2, 0) is 9.53 Å². The number of aromatic nitrogens is 1. The number of hydrogen-bond donors (Lipinski definition) is 1. The maximum absolute atomic E-state index is 13.4. The molecule has 6 nitrogen and oxygen atoms in total. The zero-order valence-electron chi connectivity index (χ0n) is 17.0. The predicted octanol–water partition coefficient (Wildman–Crippen LogP) is 4.65. The van der Waals surface area contributed by atoms with Crippen LogP contribution >= 0.6 is 34.7 Å². The first-order valence-electron chi connectivity index (χ1n) is 9.90. The Bertz CT molecular complexity index is 882. The van der Waals surface area contributed by atoms with Gasteiger partial charge < -0.3 is 15.0 Å². The number of carbonyl (C=O) groups is 2. The highest BCUT2D eigenvalue weighted by molar-refractivity contribution is 7.11. The zero-order chi connectivity index (χ0) is 21.7. The van der Waals surface area contributed by atoms with Gasteiger partial charge >= 0.3 is 0 Å².